The molecule has 4 aliphatic rings. The second kappa shape index (κ2) is 6.17. The van der Waals surface area contributed by atoms with Crippen LogP contribution in [0.4, 0.5) is 0 Å². The van der Waals surface area contributed by atoms with Gasteiger partial charge in [-0.05, 0) is 66.2 Å². The van der Waals surface area contributed by atoms with Crippen molar-refractivity contribution < 1.29 is 24.9 Å². The van der Waals surface area contributed by atoms with E-state index in [2.05, 4.69) is 0 Å². The van der Waals surface area contributed by atoms with Crippen molar-refractivity contribution in [3.63, 3.8) is 0 Å². The molecule has 7 unspecified atom stereocenters. The molecule has 3 saturated carbocycles. The number of allylic oxidation sites excluding steroid dienone is 1. The number of hydrogen-bond donors (Lipinski definition) is 3. The molecule has 3 N–H and O–H groups in total. The van der Waals surface area contributed by atoms with Gasteiger partial charge in [-0.25, -0.2) is 0 Å². The van der Waals surface area contributed by atoms with Crippen LogP contribution in [-0.2, 0) is 9.59 Å². The molecular formula is C21H26B4O5. The lowest BCUT2D eigenvalue weighted by atomic mass is 9.15. The van der Waals surface area contributed by atoms with Crippen molar-refractivity contribution in [1.82, 2.24) is 0 Å². The molecule has 3 fully saturated rings. The Kier molecular flexibility index (Phi) is 4.61. The monoisotopic (exact) mass is 402 g/mol. The van der Waals surface area contributed by atoms with Crippen LogP contribution in [0.25, 0.3) is 0 Å². The highest BCUT2D eigenvalue weighted by Crippen LogP contribution is 2.82. The van der Waals surface area contributed by atoms with Gasteiger partial charge in [-0.15, -0.1) is 0 Å². The van der Waals surface area contributed by atoms with E-state index < -0.39 is 56.7 Å². The van der Waals surface area contributed by atoms with Crippen LogP contribution in [0.5, 0.6) is 0 Å². The van der Waals surface area contributed by atoms with Crippen LogP contribution in [0.15, 0.2) is 11.6 Å². The Labute approximate surface area is 183 Å². The van der Waals surface area contributed by atoms with Crippen LogP contribution < -0.4 is 0 Å². The number of fused-ring (bicyclic) bond motifs is 5. The molecule has 8 radical (unpaired) electrons. The van der Waals surface area contributed by atoms with E-state index in [4.69, 9.17) is 31.4 Å². The third-order valence-corrected chi connectivity index (χ3v) is 9.77. The van der Waals surface area contributed by atoms with Crippen LogP contribution in [0.3, 0.4) is 0 Å². The van der Waals surface area contributed by atoms with Crippen molar-refractivity contribution in [2.24, 2.45) is 22.7 Å². The summed E-state index contributed by atoms with van der Waals surface area (Å²) in [4.78, 5) is 24.7. The predicted molar refractivity (Wildman–Crippen MR) is 114 cm³/mol. The topological polar surface area (TPSA) is 94.8 Å². The van der Waals surface area contributed by atoms with E-state index in [1.165, 1.54) is 0 Å². The quantitative estimate of drug-likeness (QED) is 0.569. The number of ketones is 2. The summed E-state index contributed by atoms with van der Waals surface area (Å²) in [5.41, 5.74) is -5.91. The Morgan fingerprint density at radius 1 is 1.07 bits per heavy atom. The highest BCUT2D eigenvalue weighted by Gasteiger charge is 2.79. The molecule has 0 amide bonds. The van der Waals surface area contributed by atoms with Crippen molar-refractivity contribution in [1.29, 1.82) is 0 Å². The molecule has 0 spiro atoms. The third-order valence-electron chi connectivity index (χ3n) is 9.77. The van der Waals surface area contributed by atoms with Gasteiger partial charge in [0.15, 0.2) is 11.6 Å². The lowest BCUT2D eigenvalue weighted by Crippen LogP contribution is -2.76. The summed E-state index contributed by atoms with van der Waals surface area (Å²) in [6.45, 7) is 2.60. The zero-order valence-electron chi connectivity index (χ0n) is 17.6. The maximum absolute atomic E-state index is 12.7. The summed E-state index contributed by atoms with van der Waals surface area (Å²) in [5.74, 6) is -1.58. The second-order valence-corrected chi connectivity index (χ2v) is 10.4. The van der Waals surface area contributed by atoms with Gasteiger partial charge < -0.3 is 15.3 Å². The average molecular weight is 402 g/mol. The van der Waals surface area contributed by atoms with E-state index in [9.17, 15) is 24.9 Å². The third kappa shape index (κ3) is 2.06. The molecule has 4 aliphatic carbocycles. The first kappa shape index (κ1) is 22.4. The summed E-state index contributed by atoms with van der Waals surface area (Å²) in [5, 5.41) is 29.2. The van der Waals surface area contributed by atoms with E-state index in [0.717, 1.165) is 5.57 Å². The molecule has 0 heterocycles. The molecule has 0 aromatic carbocycles. The van der Waals surface area contributed by atoms with Gasteiger partial charge in [0.25, 0.3) is 0 Å². The van der Waals surface area contributed by atoms with E-state index in [0.29, 0.717) is 25.7 Å². The summed E-state index contributed by atoms with van der Waals surface area (Å²) in [6.07, 6.45) is 3.86. The molecule has 0 aromatic heterocycles. The van der Waals surface area contributed by atoms with Gasteiger partial charge in [-0.1, -0.05) is 24.6 Å². The molecule has 30 heavy (non-hydrogen) atoms. The van der Waals surface area contributed by atoms with Crippen LogP contribution >= 0.6 is 0 Å². The van der Waals surface area contributed by atoms with Crippen LogP contribution in [0.2, 0.25) is 10.5 Å². The minimum atomic E-state index is -2.38. The first-order valence-electron chi connectivity index (χ1n) is 10.6. The van der Waals surface area contributed by atoms with Crippen LogP contribution in [0.1, 0.15) is 52.4 Å². The minimum absolute atomic E-state index is 0.0151. The zero-order chi connectivity index (χ0) is 22.5. The zero-order valence-corrected chi connectivity index (χ0v) is 17.6. The Balaban J connectivity index is 1.97. The first-order chi connectivity index (χ1) is 13.7. The Hall–Kier alpha value is -0.780. The minimum Gasteiger partial charge on any atom is -0.401 e. The molecular weight excluding hydrogens is 375 g/mol. The highest BCUT2D eigenvalue weighted by atomic mass is 16.3. The second-order valence-electron chi connectivity index (χ2n) is 10.4. The maximum Gasteiger partial charge on any atom is 0.190 e. The highest BCUT2D eigenvalue weighted by molar-refractivity contribution is 6.47. The van der Waals surface area contributed by atoms with E-state index >= 15 is 0 Å². The largest absolute Gasteiger partial charge is 0.401 e. The summed E-state index contributed by atoms with van der Waals surface area (Å²) in [6, 6.07) is 0. The maximum atomic E-state index is 12.7. The van der Waals surface area contributed by atoms with Crippen molar-refractivity contribution in [2.45, 2.75) is 74.0 Å². The van der Waals surface area contributed by atoms with Gasteiger partial charge in [0.1, 0.15) is 20.1 Å². The first-order valence-corrected chi connectivity index (χ1v) is 10.6. The number of hydrogen-bond acceptors (Lipinski definition) is 5. The SMILES string of the molecule is [B]C1([B])C([B])(O)C2([B])C(CCC3=CC(=O)CCC32C)C2CCC(O)(C(=O)CO)C21C. The number of Topliss-reactive ketones (excluding diaryl/α,β-unsaturated/α-hetero) is 1. The Bertz CT molecular complexity index is 856. The molecule has 0 saturated heterocycles. The summed E-state index contributed by atoms with van der Waals surface area (Å²) < 4.78 is 0. The smallest absolute Gasteiger partial charge is 0.190 e. The fourth-order valence-electron chi connectivity index (χ4n) is 7.72. The molecule has 0 aromatic rings. The van der Waals surface area contributed by atoms with E-state index in [1.807, 2.05) is 6.92 Å². The standard InChI is InChI=1S/C21H26B4O5/c1-16-7-5-12(27)9-11(16)3-4-14-13-6-8-18(29,15(28)10-26)17(13,2)20(23,24)21(25,30)19(14,16)22/h9,13-14,26,29-30H,3-8,10H2,1-2H3. The fraction of sp³-hybridized carbons (Fsp3) is 0.810. The van der Waals surface area contributed by atoms with Crippen molar-refractivity contribution in [2.75, 3.05) is 6.61 Å². The predicted octanol–water partition coefficient (Wildman–Crippen LogP) is 0.0519. The molecule has 9 heteroatoms. The van der Waals surface area contributed by atoms with Gasteiger partial charge in [0.05, 0.1) is 23.5 Å². The summed E-state index contributed by atoms with van der Waals surface area (Å²) >= 11 is 0. The van der Waals surface area contributed by atoms with Gasteiger partial charge in [-0.3, -0.25) is 9.59 Å². The van der Waals surface area contributed by atoms with Crippen LogP contribution in [0, 0.1) is 22.7 Å². The molecule has 5 nitrogen and oxygen atoms in total. The lowest BCUT2D eigenvalue weighted by Gasteiger charge is -2.77. The van der Waals surface area contributed by atoms with Crippen LogP contribution in [-0.4, -0.2) is 76.0 Å². The van der Waals surface area contributed by atoms with Gasteiger partial charge >= 0.3 is 0 Å². The van der Waals surface area contributed by atoms with Gasteiger partial charge in [0.2, 0.25) is 0 Å². The van der Waals surface area contributed by atoms with E-state index in [1.54, 1.807) is 13.0 Å². The molecule has 7 atom stereocenters. The number of aliphatic hydroxyl groups is 3. The molecule has 0 bridgehead atoms. The van der Waals surface area contributed by atoms with Gasteiger partial charge in [-0.2, -0.15) is 0 Å². The van der Waals surface area contributed by atoms with Gasteiger partial charge in [0, 0.05) is 11.9 Å². The molecule has 4 rings (SSSR count). The Morgan fingerprint density at radius 2 is 1.70 bits per heavy atom. The molecule has 0 aliphatic heterocycles. The Morgan fingerprint density at radius 3 is 2.30 bits per heavy atom. The average Bonchev–Trinajstić information content (AvgIpc) is 2.96. The number of carbonyl (C=O) groups is 2. The number of rotatable bonds is 2. The molecule has 152 valence electrons. The lowest BCUT2D eigenvalue weighted by molar-refractivity contribution is -0.194. The number of carbonyl (C=O) groups excluding carboxylic acids is 2. The van der Waals surface area contributed by atoms with E-state index in [-0.39, 0.29) is 18.6 Å². The van der Waals surface area contributed by atoms with Crippen molar-refractivity contribution in [3.05, 3.63) is 11.6 Å². The van der Waals surface area contributed by atoms with Crippen molar-refractivity contribution in [3.8, 4) is 0 Å². The normalized spacial score (nSPS) is 52.0. The van der Waals surface area contributed by atoms with Crippen molar-refractivity contribution >= 4 is 43.0 Å². The fourth-order valence-corrected chi connectivity index (χ4v) is 7.72. The summed E-state index contributed by atoms with van der Waals surface area (Å²) in [7, 11) is 26.8. The number of aliphatic hydroxyl groups excluding tert-OH is 1.